The summed E-state index contributed by atoms with van der Waals surface area (Å²) in [7, 11) is 3.38. The molecule has 18 heteroatoms. The molecule has 3 aliphatic heterocycles. The van der Waals surface area contributed by atoms with E-state index in [1.807, 2.05) is 36.5 Å². The van der Waals surface area contributed by atoms with Crippen LogP contribution in [0.25, 0.3) is 21.9 Å². The van der Waals surface area contributed by atoms with Gasteiger partial charge in [0.2, 0.25) is 17.8 Å². The highest BCUT2D eigenvalue weighted by molar-refractivity contribution is 6.33. The number of piperidine rings is 3. The van der Waals surface area contributed by atoms with Crippen LogP contribution in [0.1, 0.15) is 81.5 Å². The standard InChI is InChI=1S/C42H49ClFN11O5/c1-24(2)55-38-27(19-33(40(55)59)60-22-35(57)45-3)17-28(20-46-38)48-37-31(43)21-47-41(50-37)54-15-11-42(44,12-16-54)23-53-13-9-25(10-14-53)26-5-6-29-32(18-26)52(4)51-36(29)30-7-8-34(56)49-39(30)58/h5-6,17-21,24-25,30H,7-16,22-23H2,1-4H3,(H,45,57)(H,47,48,50)(H,49,56,58). The van der Waals surface area contributed by atoms with Gasteiger partial charge in [-0.1, -0.05) is 23.7 Å². The number of aryl methyl sites for hydroxylation is 1. The molecular formula is C42H49ClFN11O5. The Hall–Kier alpha value is -5.68. The maximum atomic E-state index is 16.4. The summed E-state index contributed by atoms with van der Waals surface area (Å²) >= 11 is 6.55. The van der Waals surface area contributed by atoms with Crippen LogP contribution in [-0.2, 0) is 21.4 Å². The Balaban J connectivity index is 0.879. The zero-order valence-corrected chi connectivity index (χ0v) is 34.9. The minimum atomic E-state index is -1.34. The number of hydrogen-bond acceptors (Lipinski definition) is 12. The van der Waals surface area contributed by atoms with E-state index in [1.165, 1.54) is 23.4 Å². The van der Waals surface area contributed by atoms with E-state index in [-0.39, 0.29) is 46.7 Å². The predicted molar refractivity (Wildman–Crippen MR) is 226 cm³/mol. The zero-order valence-electron chi connectivity index (χ0n) is 34.1. The van der Waals surface area contributed by atoms with Crippen molar-refractivity contribution in [1.82, 2.24) is 44.8 Å². The summed E-state index contributed by atoms with van der Waals surface area (Å²) in [6.07, 6.45) is 6.37. The summed E-state index contributed by atoms with van der Waals surface area (Å²) in [5.74, 6) is -0.180. The first-order chi connectivity index (χ1) is 28.8. The number of carbonyl (C=O) groups excluding carboxylic acids is 3. The average Bonchev–Trinajstić information content (AvgIpc) is 3.55. The number of carbonyl (C=O) groups is 3. The summed E-state index contributed by atoms with van der Waals surface area (Å²) in [4.78, 5) is 67.3. The van der Waals surface area contributed by atoms with Crippen molar-refractivity contribution in [3.63, 3.8) is 0 Å². The topological polar surface area (TPSA) is 181 Å². The van der Waals surface area contributed by atoms with E-state index in [4.69, 9.17) is 26.4 Å². The number of ether oxygens (including phenoxy) is 1. The highest BCUT2D eigenvalue weighted by atomic mass is 35.5. The fourth-order valence-corrected chi connectivity index (χ4v) is 8.80. The number of fused-ring (bicyclic) bond motifs is 2. The average molecular weight is 842 g/mol. The number of benzene rings is 1. The summed E-state index contributed by atoms with van der Waals surface area (Å²) in [6, 6.07) is 9.48. The van der Waals surface area contributed by atoms with Crippen molar-refractivity contribution in [2.45, 2.75) is 75.9 Å². The number of anilines is 3. The van der Waals surface area contributed by atoms with Crippen LogP contribution in [0.15, 0.2) is 47.5 Å². The molecule has 0 bridgehead atoms. The van der Waals surface area contributed by atoms with Gasteiger partial charge < -0.3 is 25.2 Å². The molecule has 60 heavy (non-hydrogen) atoms. The monoisotopic (exact) mass is 841 g/mol. The van der Waals surface area contributed by atoms with E-state index in [2.05, 4.69) is 43.0 Å². The normalized spacial score (nSPS) is 18.9. The van der Waals surface area contributed by atoms with Crippen molar-refractivity contribution < 1.29 is 23.5 Å². The molecular weight excluding hydrogens is 793 g/mol. The van der Waals surface area contributed by atoms with Crippen molar-refractivity contribution in [2.24, 2.45) is 7.05 Å². The zero-order chi connectivity index (χ0) is 42.3. The van der Waals surface area contributed by atoms with Gasteiger partial charge in [-0.05, 0) is 75.9 Å². The predicted octanol–water partition coefficient (Wildman–Crippen LogP) is 4.88. The van der Waals surface area contributed by atoms with Crippen LogP contribution in [0.5, 0.6) is 5.75 Å². The Labute approximate surface area is 350 Å². The van der Waals surface area contributed by atoms with Crippen LogP contribution < -0.4 is 31.1 Å². The van der Waals surface area contributed by atoms with Crippen LogP contribution in [0.4, 0.5) is 21.8 Å². The van der Waals surface area contributed by atoms with E-state index in [1.54, 1.807) is 18.3 Å². The molecule has 3 amide bonds. The third kappa shape index (κ3) is 8.37. The Morgan fingerprint density at radius 2 is 1.82 bits per heavy atom. The number of imide groups is 1. The van der Waals surface area contributed by atoms with Gasteiger partial charge in [-0.3, -0.25) is 33.7 Å². The lowest BCUT2D eigenvalue weighted by molar-refractivity contribution is -0.134. The van der Waals surface area contributed by atoms with E-state index in [9.17, 15) is 19.2 Å². The molecule has 0 radical (unpaired) electrons. The second-order valence-electron chi connectivity index (χ2n) is 16.3. The quantitative estimate of drug-likeness (QED) is 0.154. The van der Waals surface area contributed by atoms with Gasteiger partial charge in [0.25, 0.3) is 11.5 Å². The number of amides is 3. The van der Waals surface area contributed by atoms with Crippen LogP contribution in [0.3, 0.4) is 0 Å². The fourth-order valence-electron chi connectivity index (χ4n) is 8.66. The van der Waals surface area contributed by atoms with E-state index < -0.39 is 11.6 Å². The van der Waals surface area contributed by atoms with Gasteiger partial charge in [-0.25, -0.2) is 14.4 Å². The molecule has 3 saturated heterocycles. The van der Waals surface area contributed by atoms with Gasteiger partial charge >= 0.3 is 0 Å². The Kier molecular flexibility index (Phi) is 11.5. The molecule has 1 atom stereocenters. The van der Waals surface area contributed by atoms with Crippen molar-refractivity contribution in [3.8, 4) is 5.75 Å². The van der Waals surface area contributed by atoms with Crippen molar-refractivity contribution in [1.29, 1.82) is 0 Å². The molecule has 3 aliphatic rings. The highest BCUT2D eigenvalue weighted by Crippen LogP contribution is 2.37. The van der Waals surface area contributed by atoms with Gasteiger partial charge in [0.05, 0.1) is 35.2 Å². The van der Waals surface area contributed by atoms with Gasteiger partial charge in [-0.15, -0.1) is 0 Å². The van der Waals surface area contributed by atoms with Crippen LogP contribution in [0, 0.1) is 0 Å². The third-order valence-corrected chi connectivity index (χ3v) is 12.2. The first-order valence-electron chi connectivity index (χ1n) is 20.4. The number of aromatic nitrogens is 6. The SMILES string of the molecule is CNC(=O)COc1cc2cc(Nc3nc(N4CCC(F)(CN5CCC(c6ccc7c(C8CCC(=O)NC8=O)nn(C)c7c6)CC5)CC4)ncc3Cl)cnc2n(C(C)C)c1=O. The maximum Gasteiger partial charge on any atom is 0.294 e. The van der Waals surface area contributed by atoms with Gasteiger partial charge in [0.1, 0.15) is 16.3 Å². The number of halogens is 2. The minimum absolute atomic E-state index is 0.0307. The summed E-state index contributed by atoms with van der Waals surface area (Å²) in [5, 5.41) is 14.7. The first kappa shape index (κ1) is 41.1. The summed E-state index contributed by atoms with van der Waals surface area (Å²) in [5.41, 5.74) is 2.17. The molecule has 1 unspecified atom stereocenters. The van der Waals surface area contributed by atoms with E-state index in [0.717, 1.165) is 36.8 Å². The van der Waals surface area contributed by atoms with Crippen LogP contribution >= 0.6 is 11.6 Å². The Morgan fingerprint density at radius 1 is 1.05 bits per heavy atom. The number of nitrogens with one attached hydrogen (secondary N) is 3. The first-order valence-corrected chi connectivity index (χ1v) is 20.8. The molecule has 0 aliphatic carbocycles. The number of nitrogens with zero attached hydrogens (tertiary/aromatic N) is 8. The molecule has 7 heterocycles. The van der Waals surface area contributed by atoms with Crippen molar-refractivity contribution in [2.75, 3.05) is 56.6 Å². The van der Waals surface area contributed by atoms with Gasteiger partial charge in [0, 0.05) is 69.8 Å². The molecule has 4 aromatic heterocycles. The highest BCUT2D eigenvalue weighted by Gasteiger charge is 2.38. The van der Waals surface area contributed by atoms with Crippen LogP contribution in [0.2, 0.25) is 5.02 Å². The number of alkyl halides is 1. The number of hydrogen-bond donors (Lipinski definition) is 3. The number of pyridine rings is 2. The minimum Gasteiger partial charge on any atom is -0.478 e. The Morgan fingerprint density at radius 3 is 2.53 bits per heavy atom. The Bertz CT molecular complexity index is 2530. The number of rotatable bonds is 11. The van der Waals surface area contributed by atoms with E-state index in [0.29, 0.717) is 85.4 Å². The van der Waals surface area contributed by atoms with Crippen molar-refractivity contribution >= 4 is 68.7 Å². The smallest absolute Gasteiger partial charge is 0.294 e. The lowest BCUT2D eigenvalue weighted by Crippen LogP contribution is -2.50. The summed E-state index contributed by atoms with van der Waals surface area (Å²) in [6.45, 7) is 6.29. The lowest BCUT2D eigenvalue weighted by atomic mass is 9.86. The number of likely N-dealkylation sites (N-methyl/N-ethyl adjacent to an activating group) is 1. The molecule has 8 rings (SSSR count). The van der Waals surface area contributed by atoms with Gasteiger partial charge in [-0.2, -0.15) is 10.1 Å². The van der Waals surface area contributed by atoms with Gasteiger partial charge in [0.15, 0.2) is 18.2 Å². The number of likely N-dealkylation sites (tertiary alicyclic amines) is 1. The second kappa shape index (κ2) is 16.8. The maximum absolute atomic E-state index is 16.4. The molecule has 1 aromatic carbocycles. The molecule has 3 fully saturated rings. The molecule has 0 saturated carbocycles. The molecule has 3 N–H and O–H groups in total. The molecule has 316 valence electrons. The second-order valence-corrected chi connectivity index (χ2v) is 16.8. The molecule has 5 aromatic rings. The molecule has 0 spiro atoms. The lowest BCUT2D eigenvalue weighted by Gasteiger charge is -2.41. The summed E-state index contributed by atoms with van der Waals surface area (Å²) < 4.78 is 25.3. The molecule has 16 nitrogen and oxygen atoms in total. The largest absolute Gasteiger partial charge is 0.478 e. The fraction of sp³-hybridized carbons (Fsp3) is 0.476. The third-order valence-electron chi connectivity index (χ3n) is 12.0. The van der Waals surface area contributed by atoms with Crippen LogP contribution in [-0.4, -0.2) is 104 Å². The van der Waals surface area contributed by atoms with Crippen molar-refractivity contribution in [3.05, 3.63) is 69.4 Å². The van der Waals surface area contributed by atoms with E-state index >= 15 is 4.39 Å².